The van der Waals surface area contributed by atoms with E-state index in [1.54, 1.807) is 0 Å². The van der Waals surface area contributed by atoms with Gasteiger partial charge in [-0.25, -0.2) is 13.1 Å². The first-order chi connectivity index (χ1) is 8.77. The van der Waals surface area contributed by atoms with Crippen LogP contribution in [0.5, 0.6) is 0 Å². The van der Waals surface area contributed by atoms with E-state index in [9.17, 15) is 21.6 Å². The van der Waals surface area contributed by atoms with Crippen LogP contribution in [0.3, 0.4) is 0 Å². The summed E-state index contributed by atoms with van der Waals surface area (Å²) in [5.74, 6) is 0. The van der Waals surface area contributed by atoms with E-state index in [0.29, 0.717) is 12.5 Å². The Morgan fingerprint density at radius 2 is 1.89 bits per heavy atom. The molecule has 0 saturated carbocycles. The predicted octanol–water partition coefficient (Wildman–Crippen LogP) is 3.16. The van der Waals surface area contributed by atoms with Crippen molar-refractivity contribution in [2.45, 2.75) is 23.9 Å². The predicted molar refractivity (Wildman–Crippen MR) is 69.7 cm³/mol. The van der Waals surface area contributed by atoms with Gasteiger partial charge in [-0.3, -0.25) is 0 Å². The van der Waals surface area contributed by atoms with Crippen LogP contribution in [0.15, 0.2) is 29.2 Å². The second-order valence-corrected chi connectivity index (χ2v) is 6.38. The zero-order chi connectivity index (χ0) is 14.5. The molecule has 1 rings (SSSR count). The highest BCUT2D eigenvalue weighted by molar-refractivity contribution is 9.09. The van der Waals surface area contributed by atoms with E-state index in [-0.39, 0.29) is 11.4 Å². The van der Waals surface area contributed by atoms with Crippen molar-refractivity contribution in [3.63, 3.8) is 0 Å². The summed E-state index contributed by atoms with van der Waals surface area (Å²) in [4.78, 5) is -0.374. The largest absolute Gasteiger partial charge is 0.416 e. The average Bonchev–Trinajstić information content (AvgIpc) is 2.34. The smallest absolute Gasteiger partial charge is 0.211 e. The lowest BCUT2D eigenvalue weighted by atomic mass is 10.2. The molecular formula is C11H13BrF3NO2S. The number of rotatable bonds is 6. The Balaban J connectivity index is 2.84. The molecule has 0 aliphatic carbocycles. The molecule has 0 heterocycles. The number of halogens is 4. The summed E-state index contributed by atoms with van der Waals surface area (Å²) < 4.78 is 63.3. The van der Waals surface area contributed by atoms with Gasteiger partial charge in [0.2, 0.25) is 10.0 Å². The van der Waals surface area contributed by atoms with Gasteiger partial charge in [-0.15, -0.1) is 0 Å². The highest BCUT2D eigenvalue weighted by Crippen LogP contribution is 2.30. The Morgan fingerprint density at radius 1 is 1.21 bits per heavy atom. The first-order valence-electron chi connectivity index (χ1n) is 5.50. The number of nitrogens with one attached hydrogen (secondary N) is 1. The highest BCUT2D eigenvalue weighted by atomic mass is 79.9. The minimum Gasteiger partial charge on any atom is -0.211 e. The first-order valence-corrected chi connectivity index (χ1v) is 8.11. The quantitative estimate of drug-likeness (QED) is 0.626. The zero-order valence-corrected chi connectivity index (χ0v) is 12.3. The van der Waals surface area contributed by atoms with Gasteiger partial charge in [-0.2, -0.15) is 13.2 Å². The summed E-state index contributed by atoms with van der Waals surface area (Å²) in [6, 6.07) is 3.69. The normalized spacial score (nSPS) is 12.6. The molecule has 1 aromatic carbocycles. The van der Waals surface area contributed by atoms with Crippen LogP contribution in [-0.4, -0.2) is 20.3 Å². The van der Waals surface area contributed by atoms with Gasteiger partial charge in [0.1, 0.15) is 0 Å². The molecule has 0 unspecified atom stereocenters. The van der Waals surface area contributed by atoms with E-state index < -0.39 is 21.8 Å². The van der Waals surface area contributed by atoms with Gasteiger partial charge >= 0.3 is 6.18 Å². The number of alkyl halides is 4. The summed E-state index contributed by atoms with van der Waals surface area (Å²) >= 11 is 3.20. The molecule has 0 saturated heterocycles. The third-order valence-corrected chi connectivity index (χ3v) is 4.34. The van der Waals surface area contributed by atoms with E-state index in [1.807, 2.05) is 0 Å². The fourth-order valence-electron chi connectivity index (χ4n) is 1.35. The fourth-order valence-corrected chi connectivity index (χ4v) is 2.87. The number of hydrogen-bond acceptors (Lipinski definition) is 2. The van der Waals surface area contributed by atoms with Crippen LogP contribution in [0, 0.1) is 0 Å². The number of unbranched alkanes of at least 4 members (excludes halogenated alkanes) is 1. The van der Waals surface area contributed by atoms with Gasteiger partial charge in [-0.05, 0) is 31.0 Å². The molecule has 0 spiro atoms. The highest BCUT2D eigenvalue weighted by Gasteiger charge is 2.31. The van der Waals surface area contributed by atoms with Crippen molar-refractivity contribution in [1.82, 2.24) is 4.72 Å². The van der Waals surface area contributed by atoms with Crippen molar-refractivity contribution in [1.29, 1.82) is 0 Å². The molecule has 0 aromatic heterocycles. The van der Waals surface area contributed by atoms with E-state index in [2.05, 4.69) is 20.7 Å². The zero-order valence-electron chi connectivity index (χ0n) is 9.87. The molecule has 0 radical (unpaired) electrons. The van der Waals surface area contributed by atoms with Crippen molar-refractivity contribution in [2.75, 3.05) is 11.9 Å². The summed E-state index contributed by atoms with van der Waals surface area (Å²) in [6.07, 6.45) is -3.16. The standard InChI is InChI=1S/C11H13BrF3NO2S/c12-6-1-2-7-16-19(17,18)10-5-3-4-9(8-10)11(13,14)15/h3-5,8,16H,1-2,6-7H2. The molecule has 108 valence electrons. The van der Waals surface area contributed by atoms with Crippen molar-refractivity contribution in [2.24, 2.45) is 0 Å². The van der Waals surface area contributed by atoms with Crippen LogP contribution < -0.4 is 4.72 Å². The molecule has 0 aliphatic heterocycles. The van der Waals surface area contributed by atoms with Crippen LogP contribution in [0.25, 0.3) is 0 Å². The van der Waals surface area contributed by atoms with Crippen molar-refractivity contribution >= 4 is 26.0 Å². The molecule has 1 N–H and O–H groups in total. The SMILES string of the molecule is O=S(=O)(NCCCCBr)c1cccc(C(F)(F)F)c1. The topological polar surface area (TPSA) is 46.2 Å². The number of hydrogen-bond donors (Lipinski definition) is 1. The van der Waals surface area contributed by atoms with E-state index >= 15 is 0 Å². The molecule has 8 heteroatoms. The molecule has 1 aromatic rings. The maximum Gasteiger partial charge on any atom is 0.416 e. The van der Waals surface area contributed by atoms with Crippen molar-refractivity contribution in [3.05, 3.63) is 29.8 Å². The summed E-state index contributed by atoms with van der Waals surface area (Å²) in [7, 11) is -3.89. The lowest BCUT2D eigenvalue weighted by Crippen LogP contribution is -2.25. The third kappa shape index (κ3) is 5.12. The van der Waals surface area contributed by atoms with Crippen molar-refractivity contribution < 1.29 is 21.6 Å². The Labute approximate surface area is 118 Å². The average molecular weight is 360 g/mol. The maximum absolute atomic E-state index is 12.5. The molecule has 0 amide bonds. The van der Waals surface area contributed by atoms with E-state index in [4.69, 9.17) is 0 Å². The van der Waals surface area contributed by atoms with Crippen molar-refractivity contribution in [3.8, 4) is 0 Å². The minimum atomic E-state index is -4.55. The molecule has 0 fully saturated rings. The first kappa shape index (κ1) is 16.5. The molecule has 0 bridgehead atoms. The molecule has 0 aliphatic rings. The lowest BCUT2D eigenvalue weighted by Gasteiger charge is -2.10. The minimum absolute atomic E-state index is 0.199. The molecule has 3 nitrogen and oxygen atoms in total. The number of sulfonamides is 1. The second-order valence-electron chi connectivity index (χ2n) is 3.82. The van der Waals surface area contributed by atoms with Crippen LogP contribution in [-0.2, 0) is 16.2 Å². The fraction of sp³-hybridized carbons (Fsp3) is 0.455. The molecule has 0 atom stereocenters. The van der Waals surface area contributed by atoms with E-state index in [1.165, 1.54) is 0 Å². The Bertz CT molecular complexity index is 517. The van der Waals surface area contributed by atoms with Gasteiger partial charge in [-0.1, -0.05) is 22.0 Å². The van der Waals surface area contributed by atoms with Crippen LogP contribution in [0.2, 0.25) is 0 Å². The lowest BCUT2D eigenvalue weighted by molar-refractivity contribution is -0.137. The van der Waals surface area contributed by atoms with E-state index in [0.717, 1.165) is 30.0 Å². The second kappa shape index (κ2) is 6.71. The summed E-state index contributed by atoms with van der Waals surface area (Å²) in [6.45, 7) is 0.199. The van der Waals surface area contributed by atoms with Crippen LogP contribution in [0.1, 0.15) is 18.4 Å². The van der Waals surface area contributed by atoms with Gasteiger partial charge in [0.15, 0.2) is 0 Å². The van der Waals surface area contributed by atoms with Gasteiger partial charge < -0.3 is 0 Å². The van der Waals surface area contributed by atoms with Crippen LogP contribution in [0.4, 0.5) is 13.2 Å². The third-order valence-electron chi connectivity index (χ3n) is 2.32. The molecule has 19 heavy (non-hydrogen) atoms. The summed E-state index contributed by atoms with van der Waals surface area (Å²) in [5.41, 5.74) is -0.976. The molecular weight excluding hydrogens is 347 g/mol. The van der Waals surface area contributed by atoms with Crippen LogP contribution >= 0.6 is 15.9 Å². The van der Waals surface area contributed by atoms with Gasteiger partial charge in [0.05, 0.1) is 10.5 Å². The number of benzene rings is 1. The monoisotopic (exact) mass is 359 g/mol. The Morgan fingerprint density at radius 3 is 2.47 bits per heavy atom. The Kier molecular flexibility index (Phi) is 5.82. The maximum atomic E-state index is 12.5. The van der Waals surface area contributed by atoms with Gasteiger partial charge in [0.25, 0.3) is 0 Å². The van der Waals surface area contributed by atoms with Gasteiger partial charge in [0, 0.05) is 11.9 Å². The Hall–Kier alpha value is -0.600. The summed E-state index contributed by atoms with van der Waals surface area (Å²) in [5, 5.41) is 0.748.